The summed E-state index contributed by atoms with van der Waals surface area (Å²) in [5.41, 5.74) is 0.0526. The van der Waals surface area contributed by atoms with Gasteiger partial charge in [-0.15, -0.1) is 0 Å². The van der Waals surface area contributed by atoms with E-state index in [1.807, 2.05) is 0 Å². The van der Waals surface area contributed by atoms with Crippen molar-refractivity contribution in [3.05, 3.63) is 40.2 Å². The van der Waals surface area contributed by atoms with Gasteiger partial charge in [0, 0.05) is 12.1 Å². The maximum Gasteiger partial charge on any atom is 0.193 e. The number of aliphatic hydroxyl groups excluding tert-OH is 1. The second-order valence-electron chi connectivity index (χ2n) is 2.92. The fourth-order valence-electron chi connectivity index (χ4n) is 1.27. The van der Waals surface area contributed by atoms with Crippen molar-refractivity contribution in [3.63, 3.8) is 0 Å². The molecular weight excluding hydrogens is 184 g/mol. The van der Waals surface area contributed by atoms with Crippen molar-refractivity contribution in [2.24, 2.45) is 0 Å². The second kappa shape index (κ2) is 3.16. The van der Waals surface area contributed by atoms with E-state index in [-0.39, 0.29) is 29.1 Å². The van der Waals surface area contributed by atoms with Crippen LogP contribution >= 0.6 is 0 Å². The summed E-state index contributed by atoms with van der Waals surface area (Å²) in [6.07, 6.45) is 0. The Bertz CT molecular complexity index is 527. The van der Waals surface area contributed by atoms with E-state index in [4.69, 9.17) is 14.6 Å². The number of fused-ring (bicyclic) bond motifs is 1. The first kappa shape index (κ1) is 8.77. The molecule has 0 aliphatic heterocycles. The average molecular weight is 192 g/mol. The number of aromatic hydroxyl groups is 1. The van der Waals surface area contributed by atoms with Gasteiger partial charge in [0.05, 0.1) is 5.39 Å². The van der Waals surface area contributed by atoms with Crippen LogP contribution < -0.4 is 5.43 Å². The standard InChI is InChI=1S/C10H8O4/c11-5-7-4-9(13)8-2-1-6(12)3-10(8)14-7/h1-4,11-12H,5H2. The van der Waals surface area contributed by atoms with Crippen molar-refractivity contribution in [1.29, 1.82) is 0 Å². The molecule has 14 heavy (non-hydrogen) atoms. The third-order valence-corrected chi connectivity index (χ3v) is 1.92. The van der Waals surface area contributed by atoms with E-state index in [0.29, 0.717) is 5.39 Å². The molecule has 0 bridgehead atoms. The van der Waals surface area contributed by atoms with E-state index in [2.05, 4.69) is 0 Å². The van der Waals surface area contributed by atoms with Gasteiger partial charge in [-0.05, 0) is 12.1 Å². The number of phenolic OH excluding ortho intramolecular Hbond substituents is 1. The summed E-state index contributed by atoms with van der Waals surface area (Å²) >= 11 is 0. The molecule has 1 aromatic heterocycles. The maximum atomic E-state index is 11.4. The highest BCUT2D eigenvalue weighted by molar-refractivity contribution is 5.77. The van der Waals surface area contributed by atoms with Gasteiger partial charge in [0.15, 0.2) is 5.43 Å². The van der Waals surface area contributed by atoms with Crippen LogP contribution in [0.2, 0.25) is 0 Å². The van der Waals surface area contributed by atoms with Gasteiger partial charge in [0.25, 0.3) is 0 Å². The van der Waals surface area contributed by atoms with Crippen LogP contribution in [-0.4, -0.2) is 10.2 Å². The molecule has 4 nitrogen and oxygen atoms in total. The lowest BCUT2D eigenvalue weighted by Gasteiger charge is -1.99. The smallest absolute Gasteiger partial charge is 0.193 e. The molecular formula is C10H8O4. The minimum atomic E-state index is -0.333. The second-order valence-corrected chi connectivity index (χ2v) is 2.92. The zero-order chi connectivity index (χ0) is 10.1. The summed E-state index contributed by atoms with van der Waals surface area (Å²) < 4.78 is 5.16. The molecule has 0 saturated carbocycles. The van der Waals surface area contributed by atoms with Gasteiger partial charge in [-0.1, -0.05) is 0 Å². The topological polar surface area (TPSA) is 70.7 Å². The maximum absolute atomic E-state index is 11.4. The first-order chi connectivity index (χ1) is 6.70. The van der Waals surface area contributed by atoms with Crippen LogP contribution in [0.4, 0.5) is 0 Å². The lowest BCUT2D eigenvalue weighted by Crippen LogP contribution is -2.01. The molecule has 0 amide bonds. The fourth-order valence-corrected chi connectivity index (χ4v) is 1.27. The Morgan fingerprint density at radius 1 is 1.29 bits per heavy atom. The zero-order valence-electron chi connectivity index (χ0n) is 7.23. The van der Waals surface area contributed by atoms with Crippen LogP contribution in [-0.2, 0) is 6.61 Å². The molecule has 1 heterocycles. The SMILES string of the molecule is O=c1cc(CO)oc2cc(O)ccc12. The molecule has 0 aliphatic rings. The first-order valence-electron chi connectivity index (χ1n) is 4.07. The van der Waals surface area contributed by atoms with Crippen LogP contribution in [0.1, 0.15) is 5.76 Å². The zero-order valence-corrected chi connectivity index (χ0v) is 7.23. The van der Waals surface area contributed by atoms with Crippen molar-refractivity contribution >= 4 is 11.0 Å². The van der Waals surface area contributed by atoms with Gasteiger partial charge < -0.3 is 14.6 Å². The summed E-state index contributed by atoms with van der Waals surface area (Å²) in [4.78, 5) is 11.4. The van der Waals surface area contributed by atoms with Gasteiger partial charge in [-0.25, -0.2) is 0 Å². The largest absolute Gasteiger partial charge is 0.508 e. The minimum absolute atomic E-state index is 0.0238. The van der Waals surface area contributed by atoms with Crippen LogP contribution in [0.15, 0.2) is 33.5 Å². The van der Waals surface area contributed by atoms with E-state index in [1.165, 1.54) is 24.3 Å². The van der Waals surface area contributed by atoms with Crippen molar-refractivity contribution in [2.75, 3.05) is 0 Å². The molecule has 2 N–H and O–H groups in total. The summed E-state index contributed by atoms with van der Waals surface area (Å²) in [5, 5.41) is 18.3. The molecule has 0 radical (unpaired) electrons. The van der Waals surface area contributed by atoms with Crippen molar-refractivity contribution in [2.45, 2.75) is 6.61 Å². The molecule has 0 unspecified atom stereocenters. The highest BCUT2D eigenvalue weighted by atomic mass is 16.4. The molecule has 0 saturated heterocycles. The van der Waals surface area contributed by atoms with E-state index >= 15 is 0 Å². The third kappa shape index (κ3) is 1.36. The van der Waals surface area contributed by atoms with E-state index in [1.54, 1.807) is 0 Å². The Hall–Kier alpha value is -1.81. The number of rotatable bonds is 1. The Balaban J connectivity index is 2.84. The molecule has 1 aromatic carbocycles. The fraction of sp³-hybridized carbons (Fsp3) is 0.100. The Morgan fingerprint density at radius 2 is 2.07 bits per heavy atom. The Kier molecular flexibility index (Phi) is 1.98. The highest BCUT2D eigenvalue weighted by Gasteiger charge is 2.04. The number of benzene rings is 1. The lowest BCUT2D eigenvalue weighted by atomic mass is 10.2. The number of hydrogen-bond donors (Lipinski definition) is 2. The van der Waals surface area contributed by atoms with Gasteiger partial charge in [-0.2, -0.15) is 0 Å². The van der Waals surface area contributed by atoms with Gasteiger partial charge in [0.1, 0.15) is 23.7 Å². The average Bonchev–Trinajstić information content (AvgIpc) is 2.16. The summed E-state index contributed by atoms with van der Waals surface area (Å²) in [5.74, 6) is 0.212. The van der Waals surface area contributed by atoms with Gasteiger partial charge in [-0.3, -0.25) is 4.79 Å². The van der Waals surface area contributed by atoms with Crippen LogP contribution in [0.25, 0.3) is 11.0 Å². The van der Waals surface area contributed by atoms with Crippen LogP contribution in [0.3, 0.4) is 0 Å². The molecule has 4 heteroatoms. The predicted molar refractivity (Wildman–Crippen MR) is 50.1 cm³/mol. The number of aliphatic hydroxyl groups is 1. The number of hydrogen-bond acceptors (Lipinski definition) is 4. The third-order valence-electron chi connectivity index (χ3n) is 1.92. The molecule has 2 aromatic rings. The first-order valence-corrected chi connectivity index (χ1v) is 4.07. The quantitative estimate of drug-likeness (QED) is 0.706. The van der Waals surface area contributed by atoms with Gasteiger partial charge >= 0.3 is 0 Å². The molecule has 0 fully saturated rings. The Labute approximate surface area is 79.0 Å². The monoisotopic (exact) mass is 192 g/mol. The van der Waals surface area contributed by atoms with Crippen LogP contribution in [0, 0.1) is 0 Å². The number of phenols is 1. The van der Waals surface area contributed by atoms with E-state index in [0.717, 1.165) is 0 Å². The predicted octanol–water partition coefficient (Wildman–Crippen LogP) is 0.991. The van der Waals surface area contributed by atoms with E-state index in [9.17, 15) is 4.79 Å². The van der Waals surface area contributed by atoms with E-state index < -0.39 is 0 Å². The summed E-state index contributed by atoms with van der Waals surface area (Å²) in [6, 6.07) is 5.48. The van der Waals surface area contributed by atoms with Crippen molar-refractivity contribution in [1.82, 2.24) is 0 Å². The molecule has 2 rings (SSSR count). The van der Waals surface area contributed by atoms with Crippen molar-refractivity contribution < 1.29 is 14.6 Å². The molecule has 72 valence electrons. The van der Waals surface area contributed by atoms with Crippen LogP contribution in [0.5, 0.6) is 5.75 Å². The molecule has 0 aliphatic carbocycles. The Morgan fingerprint density at radius 3 is 2.79 bits per heavy atom. The molecule has 0 spiro atoms. The lowest BCUT2D eigenvalue weighted by molar-refractivity contribution is 0.248. The molecule has 0 atom stereocenters. The normalized spacial score (nSPS) is 10.6. The summed E-state index contributed by atoms with van der Waals surface area (Å²) in [6.45, 7) is -0.333. The minimum Gasteiger partial charge on any atom is -0.508 e. The van der Waals surface area contributed by atoms with Gasteiger partial charge in [0.2, 0.25) is 0 Å². The summed E-state index contributed by atoms with van der Waals surface area (Å²) in [7, 11) is 0. The van der Waals surface area contributed by atoms with Crippen molar-refractivity contribution in [3.8, 4) is 5.75 Å². The highest BCUT2D eigenvalue weighted by Crippen LogP contribution is 2.18.